The van der Waals surface area contributed by atoms with Crippen LogP contribution in [-0.2, 0) is 12.8 Å². The van der Waals surface area contributed by atoms with Gasteiger partial charge in [0.15, 0.2) is 0 Å². The molecule has 0 radical (unpaired) electrons. The van der Waals surface area contributed by atoms with Crippen molar-refractivity contribution < 1.29 is 0 Å². The monoisotopic (exact) mass is 372 g/mol. The number of nitrogens with one attached hydrogen (secondary N) is 2. The molecule has 0 atom stereocenters. The summed E-state index contributed by atoms with van der Waals surface area (Å²) in [6.07, 6.45) is 7.23. The molecule has 2 N–H and O–H groups in total. The summed E-state index contributed by atoms with van der Waals surface area (Å²) in [6.45, 7) is 4.47. The van der Waals surface area contributed by atoms with Gasteiger partial charge in [0, 0.05) is 22.7 Å². The van der Waals surface area contributed by atoms with Crippen molar-refractivity contribution in [3.8, 4) is 0 Å². The molecule has 28 heavy (non-hydrogen) atoms. The fourth-order valence-corrected chi connectivity index (χ4v) is 3.34. The Bertz CT molecular complexity index is 780. The maximum atomic E-state index is 3.52. The number of unbranched alkanes of at least 4 members (excludes halogenated alkanes) is 2. The predicted molar refractivity (Wildman–Crippen MR) is 123 cm³/mol. The Morgan fingerprint density at radius 3 is 1.36 bits per heavy atom. The molecule has 0 bridgehead atoms. The van der Waals surface area contributed by atoms with Crippen molar-refractivity contribution in [3.05, 3.63) is 83.9 Å². The number of aryl methyl sites for hydroxylation is 2. The molecule has 0 aliphatic carbocycles. The number of hydrogen-bond acceptors (Lipinski definition) is 2. The van der Waals surface area contributed by atoms with Crippen LogP contribution in [0.25, 0.3) is 0 Å². The molecule has 0 saturated carbocycles. The van der Waals surface area contributed by atoms with E-state index in [-0.39, 0.29) is 0 Å². The normalized spacial score (nSPS) is 10.6. The molecule has 3 aromatic carbocycles. The van der Waals surface area contributed by atoms with Gasteiger partial charge in [0.05, 0.1) is 0 Å². The zero-order valence-corrected chi connectivity index (χ0v) is 17.2. The minimum absolute atomic E-state index is 1.11. The molecule has 0 unspecified atom stereocenters. The fourth-order valence-electron chi connectivity index (χ4n) is 3.34. The van der Waals surface area contributed by atoms with Crippen LogP contribution in [0.1, 0.15) is 50.7 Å². The Morgan fingerprint density at radius 2 is 0.964 bits per heavy atom. The third-order valence-corrected chi connectivity index (χ3v) is 4.95. The second-order valence-corrected chi connectivity index (χ2v) is 7.44. The molecule has 146 valence electrons. The lowest BCUT2D eigenvalue weighted by atomic mass is 10.1. The fraction of sp³-hybridized carbons (Fsp3) is 0.308. The molecule has 0 fully saturated rings. The van der Waals surface area contributed by atoms with E-state index in [9.17, 15) is 0 Å². The molecule has 3 rings (SSSR count). The van der Waals surface area contributed by atoms with Crippen molar-refractivity contribution in [2.24, 2.45) is 0 Å². The first kappa shape index (κ1) is 20.0. The van der Waals surface area contributed by atoms with Crippen LogP contribution < -0.4 is 10.6 Å². The highest BCUT2D eigenvalue weighted by atomic mass is 14.9. The highest BCUT2D eigenvalue weighted by Crippen LogP contribution is 2.23. The summed E-state index contributed by atoms with van der Waals surface area (Å²) in [5.41, 5.74) is 7.31. The Labute approximate surface area is 170 Å². The molecular formula is C26H32N2. The molecule has 0 aliphatic rings. The summed E-state index contributed by atoms with van der Waals surface area (Å²) >= 11 is 0. The smallest absolute Gasteiger partial charge is 0.0386 e. The lowest BCUT2D eigenvalue weighted by molar-refractivity contribution is 0.795. The molecule has 0 aliphatic heterocycles. The van der Waals surface area contributed by atoms with Gasteiger partial charge in [-0.2, -0.15) is 0 Å². The van der Waals surface area contributed by atoms with Gasteiger partial charge in [-0.3, -0.25) is 0 Å². The first-order chi connectivity index (χ1) is 13.8. The van der Waals surface area contributed by atoms with E-state index in [4.69, 9.17) is 0 Å². The third-order valence-electron chi connectivity index (χ3n) is 4.95. The summed E-state index contributed by atoms with van der Waals surface area (Å²) in [7, 11) is 0. The second-order valence-electron chi connectivity index (χ2n) is 7.44. The molecular weight excluding hydrogens is 340 g/mol. The van der Waals surface area contributed by atoms with E-state index in [0.29, 0.717) is 0 Å². The molecule has 2 nitrogen and oxygen atoms in total. The van der Waals surface area contributed by atoms with Crippen LogP contribution in [-0.4, -0.2) is 0 Å². The quantitative estimate of drug-likeness (QED) is 0.378. The summed E-state index contributed by atoms with van der Waals surface area (Å²) < 4.78 is 0. The zero-order valence-electron chi connectivity index (χ0n) is 17.2. The van der Waals surface area contributed by atoms with Gasteiger partial charge in [-0.25, -0.2) is 0 Å². The molecule has 0 heterocycles. The lowest BCUT2D eigenvalue weighted by Gasteiger charge is -2.11. The number of hydrogen-bond donors (Lipinski definition) is 2. The van der Waals surface area contributed by atoms with E-state index in [2.05, 4.69) is 97.3 Å². The Balaban J connectivity index is 1.61. The number of anilines is 4. The maximum absolute atomic E-state index is 3.52. The van der Waals surface area contributed by atoms with Crippen LogP contribution in [0.3, 0.4) is 0 Å². The van der Waals surface area contributed by atoms with Crippen LogP contribution in [0.15, 0.2) is 72.8 Å². The molecule has 0 saturated heterocycles. The maximum Gasteiger partial charge on any atom is 0.0386 e. The van der Waals surface area contributed by atoms with Crippen LogP contribution >= 0.6 is 0 Å². The van der Waals surface area contributed by atoms with Gasteiger partial charge in [-0.15, -0.1) is 0 Å². The highest BCUT2D eigenvalue weighted by Gasteiger charge is 2.00. The number of rotatable bonds is 10. The molecule has 2 heteroatoms. The lowest BCUT2D eigenvalue weighted by Crippen LogP contribution is -1.94. The van der Waals surface area contributed by atoms with Crippen molar-refractivity contribution >= 4 is 22.7 Å². The van der Waals surface area contributed by atoms with Gasteiger partial charge in [-0.05, 0) is 85.3 Å². The Hall–Kier alpha value is -2.74. The van der Waals surface area contributed by atoms with Gasteiger partial charge in [0.2, 0.25) is 0 Å². The average Bonchev–Trinajstić information content (AvgIpc) is 2.73. The zero-order chi connectivity index (χ0) is 19.6. The largest absolute Gasteiger partial charge is 0.356 e. The predicted octanol–water partition coefficient (Wildman–Crippen LogP) is 7.86. The topological polar surface area (TPSA) is 24.1 Å². The second kappa shape index (κ2) is 10.6. The molecule has 0 spiro atoms. The summed E-state index contributed by atoms with van der Waals surface area (Å²) in [4.78, 5) is 0. The molecule has 0 aromatic heterocycles. The van der Waals surface area contributed by atoms with Gasteiger partial charge >= 0.3 is 0 Å². The molecule has 3 aromatic rings. The van der Waals surface area contributed by atoms with Gasteiger partial charge < -0.3 is 10.6 Å². The van der Waals surface area contributed by atoms with Crippen molar-refractivity contribution in [1.29, 1.82) is 0 Å². The average molecular weight is 373 g/mol. The van der Waals surface area contributed by atoms with Crippen LogP contribution in [0.4, 0.5) is 22.7 Å². The summed E-state index contributed by atoms with van der Waals surface area (Å²) in [5, 5.41) is 7.03. The van der Waals surface area contributed by atoms with E-state index in [1.165, 1.54) is 36.8 Å². The van der Waals surface area contributed by atoms with Crippen molar-refractivity contribution in [1.82, 2.24) is 0 Å². The van der Waals surface area contributed by atoms with E-state index in [1.807, 2.05) is 0 Å². The number of benzene rings is 3. The van der Waals surface area contributed by atoms with E-state index < -0.39 is 0 Å². The Morgan fingerprint density at radius 1 is 0.536 bits per heavy atom. The van der Waals surface area contributed by atoms with Crippen LogP contribution in [0.2, 0.25) is 0 Å². The van der Waals surface area contributed by atoms with E-state index in [1.54, 1.807) is 0 Å². The van der Waals surface area contributed by atoms with Crippen molar-refractivity contribution in [2.45, 2.75) is 52.4 Å². The third kappa shape index (κ3) is 6.16. The first-order valence-corrected chi connectivity index (χ1v) is 10.6. The standard InChI is InChI=1S/C26H32N2/c1-3-5-9-21-11-7-13-25(19-21)27-23-15-17-24(18-16-23)28-26-14-8-12-22(20-26)10-6-4-2/h7-8,11-20,27-28H,3-6,9-10H2,1-2H3. The van der Waals surface area contributed by atoms with Crippen LogP contribution in [0.5, 0.6) is 0 Å². The van der Waals surface area contributed by atoms with Gasteiger partial charge in [0.1, 0.15) is 0 Å². The van der Waals surface area contributed by atoms with Crippen molar-refractivity contribution in [2.75, 3.05) is 10.6 Å². The van der Waals surface area contributed by atoms with Gasteiger partial charge in [0.25, 0.3) is 0 Å². The van der Waals surface area contributed by atoms with Gasteiger partial charge in [-0.1, -0.05) is 51.0 Å². The summed E-state index contributed by atoms with van der Waals surface area (Å²) in [6, 6.07) is 26.0. The highest BCUT2D eigenvalue weighted by molar-refractivity contribution is 5.66. The summed E-state index contributed by atoms with van der Waals surface area (Å²) in [5.74, 6) is 0. The first-order valence-electron chi connectivity index (χ1n) is 10.6. The molecule has 0 amide bonds. The van der Waals surface area contributed by atoms with E-state index in [0.717, 1.165) is 35.6 Å². The van der Waals surface area contributed by atoms with Crippen molar-refractivity contribution in [3.63, 3.8) is 0 Å². The Kier molecular flexibility index (Phi) is 7.54. The minimum atomic E-state index is 1.11. The SMILES string of the molecule is CCCCc1cccc(Nc2ccc(Nc3cccc(CCCC)c3)cc2)c1. The van der Waals surface area contributed by atoms with Crippen LogP contribution in [0, 0.1) is 0 Å². The minimum Gasteiger partial charge on any atom is -0.356 e. The van der Waals surface area contributed by atoms with E-state index >= 15 is 0 Å².